The van der Waals surface area contributed by atoms with Gasteiger partial charge in [-0.15, -0.1) is 11.3 Å². The normalized spacial score (nSPS) is 12.0. The van der Waals surface area contributed by atoms with Crippen molar-refractivity contribution >= 4 is 22.4 Å². The van der Waals surface area contributed by atoms with Gasteiger partial charge in [-0.3, -0.25) is 4.79 Å². The van der Waals surface area contributed by atoms with Crippen molar-refractivity contribution in [1.82, 2.24) is 4.98 Å². The first-order chi connectivity index (χ1) is 9.51. The van der Waals surface area contributed by atoms with Gasteiger partial charge in [-0.25, -0.2) is 4.98 Å². The molecule has 1 aromatic heterocycles. The maximum Gasteiger partial charge on any atom is 0.242 e. The van der Waals surface area contributed by atoms with E-state index in [4.69, 9.17) is 10.5 Å². The zero-order valence-corrected chi connectivity index (χ0v) is 12.5. The molecule has 1 aromatic carbocycles. The van der Waals surface area contributed by atoms with Crippen LogP contribution in [0.25, 0.3) is 11.3 Å². The Labute approximate surface area is 121 Å². The van der Waals surface area contributed by atoms with Gasteiger partial charge in [0.1, 0.15) is 5.75 Å². The van der Waals surface area contributed by atoms with Crippen LogP contribution in [0.3, 0.4) is 0 Å². The molecule has 5 nitrogen and oxygen atoms in total. The lowest BCUT2D eigenvalue weighted by Crippen LogP contribution is -2.32. The van der Waals surface area contributed by atoms with Crippen molar-refractivity contribution in [2.24, 2.45) is 5.73 Å². The summed E-state index contributed by atoms with van der Waals surface area (Å²) in [6, 6.07) is 5.33. The highest BCUT2D eigenvalue weighted by Gasteiger charge is 2.13. The molecule has 0 aliphatic carbocycles. The van der Waals surface area contributed by atoms with E-state index in [9.17, 15) is 4.79 Å². The second-order valence-electron chi connectivity index (χ2n) is 4.52. The van der Waals surface area contributed by atoms with E-state index in [1.54, 1.807) is 14.0 Å². The Balaban J connectivity index is 2.29. The minimum absolute atomic E-state index is 0.248. The second kappa shape index (κ2) is 6.02. The van der Waals surface area contributed by atoms with E-state index in [2.05, 4.69) is 10.3 Å². The molecule has 1 amide bonds. The number of nitrogens with zero attached hydrogens (tertiary/aromatic N) is 1. The number of amides is 1. The Kier molecular flexibility index (Phi) is 4.36. The first-order valence-electron chi connectivity index (χ1n) is 6.18. The van der Waals surface area contributed by atoms with Gasteiger partial charge in [0.2, 0.25) is 5.91 Å². The van der Waals surface area contributed by atoms with Crippen molar-refractivity contribution in [2.75, 3.05) is 12.4 Å². The van der Waals surface area contributed by atoms with Crippen LogP contribution in [0.5, 0.6) is 5.75 Å². The highest BCUT2D eigenvalue weighted by Crippen LogP contribution is 2.32. The van der Waals surface area contributed by atoms with Gasteiger partial charge in [-0.2, -0.15) is 0 Å². The van der Waals surface area contributed by atoms with Gasteiger partial charge in [0.05, 0.1) is 18.8 Å². The number of ether oxygens (including phenoxy) is 1. The van der Waals surface area contributed by atoms with Crippen molar-refractivity contribution < 1.29 is 9.53 Å². The molecule has 2 aromatic rings. The zero-order chi connectivity index (χ0) is 14.7. The topological polar surface area (TPSA) is 77.2 Å². The number of rotatable bonds is 4. The van der Waals surface area contributed by atoms with Crippen LogP contribution in [0.1, 0.15) is 12.5 Å². The maximum atomic E-state index is 11.5. The predicted octanol–water partition coefficient (Wildman–Crippen LogP) is 2.41. The van der Waals surface area contributed by atoms with E-state index in [1.807, 2.05) is 30.5 Å². The molecule has 0 bridgehead atoms. The summed E-state index contributed by atoms with van der Waals surface area (Å²) < 4.78 is 5.34. The summed E-state index contributed by atoms with van der Waals surface area (Å²) >= 11 is 1.36. The van der Waals surface area contributed by atoms with Crippen molar-refractivity contribution in [3.8, 4) is 17.0 Å². The summed E-state index contributed by atoms with van der Waals surface area (Å²) in [6.07, 6.45) is 0. The molecule has 0 saturated carbocycles. The highest BCUT2D eigenvalue weighted by molar-refractivity contribution is 7.14. The standard InChI is InChI=1S/C14H17N3O2S/c1-8-4-5-12(19-3)10(6-8)11-7-20-14(16-11)17-13(18)9(2)15/h4-7,9H,15H2,1-3H3,(H,16,17,18)/t9-/m1/s1. The van der Waals surface area contributed by atoms with Gasteiger partial charge in [0.15, 0.2) is 5.13 Å². The summed E-state index contributed by atoms with van der Waals surface area (Å²) in [6.45, 7) is 3.64. The van der Waals surface area contributed by atoms with Crippen molar-refractivity contribution in [3.05, 3.63) is 29.1 Å². The number of thiazole rings is 1. The molecule has 0 saturated heterocycles. The smallest absolute Gasteiger partial charge is 0.242 e. The molecular weight excluding hydrogens is 274 g/mol. The Hall–Kier alpha value is -1.92. The number of anilines is 1. The van der Waals surface area contributed by atoms with Crippen LogP contribution < -0.4 is 15.8 Å². The highest BCUT2D eigenvalue weighted by atomic mass is 32.1. The molecule has 0 spiro atoms. The third kappa shape index (κ3) is 3.15. The van der Waals surface area contributed by atoms with Gasteiger partial charge in [-0.05, 0) is 26.0 Å². The van der Waals surface area contributed by atoms with E-state index >= 15 is 0 Å². The number of carbonyl (C=O) groups excluding carboxylic acids is 1. The first-order valence-corrected chi connectivity index (χ1v) is 7.06. The molecule has 2 rings (SSSR count). The van der Waals surface area contributed by atoms with Crippen LogP contribution in [-0.2, 0) is 4.79 Å². The van der Waals surface area contributed by atoms with E-state index in [1.165, 1.54) is 11.3 Å². The lowest BCUT2D eigenvalue weighted by Gasteiger charge is -2.07. The van der Waals surface area contributed by atoms with E-state index in [0.717, 1.165) is 22.6 Å². The molecule has 0 unspecified atom stereocenters. The molecule has 20 heavy (non-hydrogen) atoms. The van der Waals surface area contributed by atoms with Crippen molar-refractivity contribution in [3.63, 3.8) is 0 Å². The molecule has 6 heteroatoms. The summed E-state index contributed by atoms with van der Waals surface area (Å²) in [5.74, 6) is 0.507. The van der Waals surface area contributed by atoms with Crippen LogP contribution in [0.2, 0.25) is 0 Å². The molecule has 106 valence electrons. The van der Waals surface area contributed by atoms with Gasteiger partial charge < -0.3 is 15.8 Å². The fourth-order valence-corrected chi connectivity index (χ4v) is 2.41. The third-order valence-electron chi connectivity index (χ3n) is 2.78. The van der Waals surface area contributed by atoms with Gasteiger partial charge in [0, 0.05) is 10.9 Å². The monoisotopic (exact) mass is 291 g/mol. The number of aryl methyl sites for hydroxylation is 1. The summed E-state index contributed by atoms with van der Waals surface area (Å²) in [5, 5.41) is 5.10. The number of hydrogen-bond acceptors (Lipinski definition) is 5. The number of aromatic nitrogens is 1. The number of nitrogens with one attached hydrogen (secondary N) is 1. The summed E-state index contributed by atoms with van der Waals surface area (Å²) in [7, 11) is 1.62. The van der Waals surface area contributed by atoms with Crippen molar-refractivity contribution in [1.29, 1.82) is 0 Å². The molecule has 1 heterocycles. The Bertz CT molecular complexity index is 623. The quantitative estimate of drug-likeness (QED) is 0.907. The van der Waals surface area contributed by atoms with E-state index in [-0.39, 0.29) is 5.91 Å². The summed E-state index contributed by atoms with van der Waals surface area (Å²) in [5.41, 5.74) is 8.31. The Morgan fingerprint density at radius 1 is 1.50 bits per heavy atom. The molecule has 0 aliphatic rings. The molecule has 3 N–H and O–H groups in total. The lowest BCUT2D eigenvalue weighted by atomic mass is 10.1. The first kappa shape index (κ1) is 14.5. The fraction of sp³-hybridized carbons (Fsp3) is 0.286. The van der Waals surface area contributed by atoms with E-state index < -0.39 is 6.04 Å². The van der Waals surface area contributed by atoms with Crippen LogP contribution >= 0.6 is 11.3 Å². The molecule has 1 atom stereocenters. The maximum absolute atomic E-state index is 11.5. The number of benzene rings is 1. The SMILES string of the molecule is COc1ccc(C)cc1-c1csc(NC(=O)[C@@H](C)N)n1. The predicted molar refractivity (Wildman–Crippen MR) is 81.1 cm³/mol. The average Bonchev–Trinajstić information content (AvgIpc) is 2.87. The van der Waals surface area contributed by atoms with Crippen LogP contribution in [0, 0.1) is 6.92 Å². The average molecular weight is 291 g/mol. The van der Waals surface area contributed by atoms with Gasteiger partial charge >= 0.3 is 0 Å². The number of hydrogen-bond donors (Lipinski definition) is 2. The van der Waals surface area contributed by atoms with Gasteiger partial charge in [0.25, 0.3) is 0 Å². The second-order valence-corrected chi connectivity index (χ2v) is 5.38. The van der Waals surface area contributed by atoms with Crippen LogP contribution in [0.4, 0.5) is 5.13 Å². The zero-order valence-electron chi connectivity index (χ0n) is 11.6. The van der Waals surface area contributed by atoms with Crippen LogP contribution in [0.15, 0.2) is 23.6 Å². The lowest BCUT2D eigenvalue weighted by molar-refractivity contribution is -0.117. The summed E-state index contributed by atoms with van der Waals surface area (Å²) in [4.78, 5) is 15.9. The number of carbonyl (C=O) groups is 1. The molecule has 0 fully saturated rings. The third-order valence-corrected chi connectivity index (χ3v) is 3.54. The largest absolute Gasteiger partial charge is 0.496 e. The van der Waals surface area contributed by atoms with Gasteiger partial charge in [-0.1, -0.05) is 11.6 Å². The molecule has 0 radical (unpaired) electrons. The molecular formula is C14H17N3O2S. The number of nitrogens with two attached hydrogens (primary N) is 1. The minimum atomic E-state index is -0.559. The fourth-order valence-electron chi connectivity index (χ4n) is 1.70. The number of methoxy groups -OCH3 is 1. The minimum Gasteiger partial charge on any atom is -0.496 e. The molecule has 0 aliphatic heterocycles. The van der Waals surface area contributed by atoms with Crippen molar-refractivity contribution in [2.45, 2.75) is 19.9 Å². The van der Waals surface area contributed by atoms with E-state index in [0.29, 0.717) is 5.13 Å². The van der Waals surface area contributed by atoms with Crippen LogP contribution in [-0.4, -0.2) is 24.0 Å². The Morgan fingerprint density at radius 3 is 2.90 bits per heavy atom. The Morgan fingerprint density at radius 2 is 2.25 bits per heavy atom.